The van der Waals surface area contributed by atoms with Crippen molar-refractivity contribution in [3.8, 4) is 5.75 Å². The molecule has 0 unspecified atom stereocenters. The third-order valence-electron chi connectivity index (χ3n) is 5.06. The summed E-state index contributed by atoms with van der Waals surface area (Å²) in [5, 5.41) is 0. The highest BCUT2D eigenvalue weighted by Gasteiger charge is 2.29. The van der Waals surface area contributed by atoms with E-state index >= 15 is 0 Å². The summed E-state index contributed by atoms with van der Waals surface area (Å²) in [5.41, 5.74) is 5.69. The quantitative estimate of drug-likeness (QED) is 0.679. The molecule has 0 saturated heterocycles. The Balaban J connectivity index is 2.05. The summed E-state index contributed by atoms with van der Waals surface area (Å²) < 4.78 is 19.0. The number of likely N-dealkylation sites (N-methyl/N-ethyl adjacent to an activating group) is 1. The smallest absolute Gasteiger partial charge is 0.129 e. The van der Waals surface area contributed by atoms with Gasteiger partial charge in [0, 0.05) is 36.1 Å². The maximum absolute atomic E-state index is 13.4. The number of halogens is 1. The van der Waals surface area contributed by atoms with Gasteiger partial charge in [-0.25, -0.2) is 4.39 Å². The van der Waals surface area contributed by atoms with Crippen LogP contribution < -0.4 is 9.64 Å². The fourth-order valence-electron chi connectivity index (χ4n) is 3.32. The number of anilines is 1. The van der Waals surface area contributed by atoms with Crippen LogP contribution in [0.5, 0.6) is 5.75 Å². The molecule has 1 heterocycles. The number of hydrogen-bond donors (Lipinski definition) is 0. The molecule has 3 nitrogen and oxygen atoms in total. The van der Waals surface area contributed by atoms with Gasteiger partial charge in [0.05, 0.1) is 18.3 Å². The van der Waals surface area contributed by atoms with Crippen molar-refractivity contribution in [1.29, 1.82) is 0 Å². The zero-order valence-corrected chi connectivity index (χ0v) is 16.2. The highest BCUT2D eigenvalue weighted by Crippen LogP contribution is 2.41. The number of nitrogens with zero attached hydrogens (tertiary/aromatic N) is 2. The van der Waals surface area contributed by atoms with Gasteiger partial charge in [0.1, 0.15) is 11.6 Å². The number of ether oxygens (including phenoxy) is 1. The van der Waals surface area contributed by atoms with Crippen LogP contribution in [0, 0.1) is 12.7 Å². The average molecular weight is 352 g/mol. The highest BCUT2D eigenvalue weighted by molar-refractivity contribution is 5.91. The number of methoxy groups -OCH3 is 1. The molecule has 2 aromatic carbocycles. The van der Waals surface area contributed by atoms with Crippen molar-refractivity contribution in [3.63, 3.8) is 0 Å². The molecule has 1 aliphatic rings. The second kappa shape index (κ2) is 6.60. The lowest BCUT2D eigenvalue weighted by Crippen LogP contribution is -2.42. The molecule has 0 bridgehead atoms. The molecule has 0 aromatic heterocycles. The third-order valence-corrected chi connectivity index (χ3v) is 5.06. The predicted molar refractivity (Wildman–Crippen MR) is 108 cm³/mol. The first kappa shape index (κ1) is 18.2. The van der Waals surface area contributed by atoms with Crippen LogP contribution in [-0.2, 0) is 0 Å². The van der Waals surface area contributed by atoms with E-state index in [1.807, 2.05) is 0 Å². The van der Waals surface area contributed by atoms with Gasteiger partial charge in [-0.1, -0.05) is 6.08 Å². The van der Waals surface area contributed by atoms with Gasteiger partial charge in [-0.2, -0.15) is 0 Å². The first-order valence-corrected chi connectivity index (χ1v) is 8.69. The molecule has 2 aromatic rings. The number of benzene rings is 2. The van der Waals surface area contributed by atoms with Gasteiger partial charge in [0.15, 0.2) is 0 Å². The number of fused-ring (bicyclic) bond motifs is 1. The second-order valence-electron chi connectivity index (χ2n) is 7.34. The monoisotopic (exact) mass is 352 g/mol. The summed E-state index contributed by atoms with van der Waals surface area (Å²) in [5.74, 6) is 0.547. The number of allylic oxidation sites excluding steroid dienone is 1. The van der Waals surface area contributed by atoms with E-state index < -0.39 is 0 Å². The summed E-state index contributed by atoms with van der Waals surface area (Å²) >= 11 is 0. The molecule has 3 rings (SSSR count). The van der Waals surface area contributed by atoms with Crippen LogP contribution in [0.4, 0.5) is 15.8 Å². The molecular weight excluding hydrogens is 327 g/mol. The minimum Gasteiger partial charge on any atom is -0.496 e. The van der Waals surface area contributed by atoms with Crippen LogP contribution in [0.1, 0.15) is 37.5 Å². The molecule has 0 aliphatic carbocycles. The molecule has 0 saturated carbocycles. The van der Waals surface area contributed by atoms with Crippen LogP contribution in [0.3, 0.4) is 0 Å². The van der Waals surface area contributed by atoms with E-state index in [9.17, 15) is 4.39 Å². The molecule has 136 valence electrons. The third kappa shape index (κ3) is 3.24. The largest absolute Gasteiger partial charge is 0.496 e. The van der Waals surface area contributed by atoms with E-state index in [0.717, 1.165) is 17.0 Å². The van der Waals surface area contributed by atoms with Crippen molar-refractivity contribution >= 4 is 23.2 Å². The minimum atomic E-state index is -0.221. The molecule has 4 heteroatoms. The molecular formula is C22H25FN2O. The number of hydrogen-bond acceptors (Lipinski definition) is 3. The minimum absolute atomic E-state index is 0.0522. The van der Waals surface area contributed by atoms with Crippen LogP contribution >= 0.6 is 0 Å². The van der Waals surface area contributed by atoms with Gasteiger partial charge in [0.25, 0.3) is 0 Å². The van der Waals surface area contributed by atoms with Crippen molar-refractivity contribution in [2.24, 2.45) is 4.99 Å². The number of aryl methyl sites for hydroxylation is 1. The van der Waals surface area contributed by atoms with Gasteiger partial charge in [0.2, 0.25) is 0 Å². The van der Waals surface area contributed by atoms with Gasteiger partial charge in [-0.15, -0.1) is 0 Å². The summed E-state index contributed by atoms with van der Waals surface area (Å²) in [7, 11) is 3.76. The van der Waals surface area contributed by atoms with Crippen molar-refractivity contribution in [1.82, 2.24) is 0 Å². The summed E-state index contributed by atoms with van der Waals surface area (Å²) in [6, 6.07) is 9.01. The topological polar surface area (TPSA) is 24.8 Å². The summed E-state index contributed by atoms with van der Waals surface area (Å²) in [4.78, 5) is 6.76. The van der Waals surface area contributed by atoms with E-state index in [4.69, 9.17) is 4.74 Å². The molecule has 0 atom stereocenters. The Morgan fingerprint density at radius 2 is 1.88 bits per heavy atom. The average Bonchev–Trinajstić information content (AvgIpc) is 2.60. The highest BCUT2D eigenvalue weighted by atomic mass is 19.1. The van der Waals surface area contributed by atoms with Gasteiger partial charge in [-0.05, 0) is 63.1 Å². The fraction of sp³-hybridized carbons (Fsp3) is 0.318. The first-order valence-electron chi connectivity index (χ1n) is 8.69. The summed E-state index contributed by atoms with van der Waals surface area (Å²) in [6.07, 6.45) is 4.05. The van der Waals surface area contributed by atoms with Crippen molar-refractivity contribution < 1.29 is 9.13 Å². The van der Waals surface area contributed by atoms with Crippen LogP contribution in [0.15, 0.2) is 41.4 Å². The van der Waals surface area contributed by atoms with Gasteiger partial charge in [-0.3, -0.25) is 4.99 Å². The molecule has 0 N–H and O–H groups in total. The van der Waals surface area contributed by atoms with E-state index in [1.54, 1.807) is 32.4 Å². The first-order chi connectivity index (χ1) is 12.2. The Morgan fingerprint density at radius 1 is 1.15 bits per heavy atom. The molecule has 1 aliphatic heterocycles. The van der Waals surface area contributed by atoms with Gasteiger partial charge < -0.3 is 9.64 Å². The second-order valence-corrected chi connectivity index (χ2v) is 7.34. The molecule has 0 spiro atoms. The van der Waals surface area contributed by atoms with E-state index in [0.29, 0.717) is 11.3 Å². The predicted octanol–water partition coefficient (Wildman–Crippen LogP) is 5.53. The maximum Gasteiger partial charge on any atom is 0.129 e. The Kier molecular flexibility index (Phi) is 4.61. The molecule has 0 amide bonds. The molecule has 0 radical (unpaired) electrons. The van der Waals surface area contributed by atoms with Crippen LogP contribution in [-0.4, -0.2) is 25.9 Å². The number of rotatable bonds is 3. The summed E-state index contributed by atoms with van der Waals surface area (Å²) in [6.45, 7) is 8.25. The van der Waals surface area contributed by atoms with E-state index in [-0.39, 0.29) is 11.4 Å². The Bertz CT molecular complexity index is 913. The number of aliphatic imine (C=N–C) groups is 1. The van der Waals surface area contributed by atoms with E-state index in [1.165, 1.54) is 17.2 Å². The lowest BCUT2D eigenvalue weighted by Gasteiger charge is -2.40. The Labute approximate surface area is 154 Å². The Morgan fingerprint density at radius 3 is 2.54 bits per heavy atom. The van der Waals surface area contributed by atoms with Crippen molar-refractivity contribution in [3.05, 3.63) is 58.9 Å². The normalized spacial score (nSPS) is 15.8. The zero-order chi connectivity index (χ0) is 19.1. The molecule has 0 fully saturated rings. The van der Waals surface area contributed by atoms with E-state index in [2.05, 4.69) is 55.9 Å². The molecule has 26 heavy (non-hydrogen) atoms. The zero-order valence-electron chi connectivity index (χ0n) is 16.2. The SMILES string of the molecule is COc1cc2c(cc1C=Nc1ccc(F)c(C)c1)C(C)=CC(C)(C)N2C. The maximum atomic E-state index is 13.4. The van der Waals surface area contributed by atoms with Crippen LogP contribution in [0.25, 0.3) is 5.57 Å². The van der Waals surface area contributed by atoms with Crippen LogP contribution in [0.2, 0.25) is 0 Å². The lowest BCUT2D eigenvalue weighted by molar-refractivity contribution is 0.414. The standard InChI is InChI=1S/C22H25FN2O/c1-14-9-17(7-8-19(14)23)24-13-16-10-18-15(2)12-22(3,4)25(5)20(18)11-21(16)26-6/h7-13H,1-6H3. The lowest BCUT2D eigenvalue weighted by atomic mass is 9.88. The van der Waals surface area contributed by atoms with Gasteiger partial charge >= 0.3 is 0 Å². The van der Waals surface area contributed by atoms with Crippen molar-refractivity contribution in [2.45, 2.75) is 33.2 Å². The fourth-order valence-corrected chi connectivity index (χ4v) is 3.32. The van der Waals surface area contributed by atoms with Crippen molar-refractivity contribution in [2.75, 3.05) is 19.1 Å². The Hall–Kier alpha value is -2.62.